The first-order chi connectivity index (χ1) is 7.23. The third-order valence-corrected chi connectivity index (χ3v) is 3.74. The number of ether oxygens (including phenoxy) is 1. The Bertz CT molecular complexity index is 355. The number of hydrogen-bond acceptors (Lipinski definition) is 2. The molecule has 0 aromatic heterocycles. The van der Waals surface area contributed by atoms with E-state index in [1.54, 1.807) is 7.11 Å². The van der Waals surface area contributed by atoms with Crippen LogP contribution in [0.1, 0.15) is 24.8 Å². The quantitative estimate of drug-likeness (QED) is 0.859. The summed E-state index contributed by atoms with van der Waals surface area (Å²) in [5.74, 6) is 0.868. The summed E-state index contributed by atoms with van der Waals surface area (Å²) in [6.45, 7) is 0.646. The van der Waals surface area contributed by atoms with Gasteiger partial charge in [0.15, 0.2) is 0 Å². The van der Waals surface area contributed by atoms with Crippen molar-refractivity contribution in [2.24, 2.45) is 5.73 Å². The summed E-state index contributed by atoms with van der Waals surface area (Å²) in [5, 5.41) is 0.777. The fraction of sp³-hybridized carbons (Fsp3) is 0.500. The second-order valence-electron chi connectivity index (χ2n) is 4.16. The molecule has 2 N–H and O–H groups in total. The van der Waals surface area contributed by atoms with Crippen LogP contribution in [0, 0.1) is 0 Å². The number of methoxy groups -OCH3 is 1. The molecule has 15 heavy (non-hydrogen) atoms. The molecule has 1 aromatic carbocycles. The highest BCUT2D eigenvalue weighted by atomic mass is 35.5. The zero-order chi connectivity index (χ0) is 10.9. The second kappa shape index (κ2) is 4.03. The first-order valence-electron chi connectivity index (χ1n) is 5.26. The average Bonchev–Trinajstić information content (AvgIpc) is 2.19. The summed E-state index contributed by atoms with van der Waals surface area (Å²) in [6.07, 6.45) is 3.46. The lowest BCUT2D eigenvalue weighted by atomic mass is 9.64. The molecule has 0 saturated heterocycles. The van der Waals surface area contributed by atoms with E-state index >= 15 is 0 Å². The minimum atomic E-state index is 0.0592. The lowest BCUT2D eigenvalue weighted by Crippen LogP contribution is -2.42. The Kier molecular flexibility index (Phi) is 2.89. The molecule has 1 aromatic rings. The van der Waals surface area contributed by atoms with Gasteiger partial charge < -0.3 is 10.5 Å². The lowest BCUT2D eigenvalue weighted by Gasteiger charge is -2.42. The largest absolute Gasteiger partial charge is 0.496 e. The molecule has 2 rings (SSSR count). The molecule has 0 bridgehead atoms. The van der Waals surface area contributed by atoms with E-state index in [1.807, 2.05) is 18.2 Å². The van der Waals surface area contributed by atoms with Crippen molar-refractivity contribution in [1.29, 1.82) is 0 Å². The van der Waals surface area contributed by atoms with Crippen LogP contribution in [0.2, 0.25) is 5.02 Å². The van der Waals surface area contributed by atoms with E-state index in [0.29, 0.717) is 6.54 Å². The van der Waals surface area contributed by atoms with Crippen LogP contribution in [0.3, 0.4) is 0 Å². The molecule has 82 valence electrons. The molecule has 1 saturated carbocycles. The highest BCUT2D eigenvalue weighted by molar-refractivity contribution is 6.31. The second-order valence-corrected chi connectivity index (χ2v) is 4.56. The van der Waals surface area contributed by atoms with Crippen molar-refractivity contribution in [2.45, 2.75) is 24.7 Å². The average molecular weight is 226 g/mol. The van der Waals surface area contributed by atoms with E-state index in [-0.39, 0.29) is 5.41 Å². The molecule has 1 fully saturated rings. The molecule has 1 aliphatic carbocycles. The first-order valence-corrected chi connectivity index (χ1v) is 5.64. The number of hydrogen-bond donors (Lipinski definition) is 1. The molecule has 0 atom stereocenters. The van der Waals surface area contributed by atoms with Crippen molar-refractivity contribution >= 4 is 11.6 Å². The third-order valence-electron chi connectivity index (χ3n) is 3.43. The zero-order valence-electron chi connectivity index (χ0n) is 8.92. The summed E-state index contributed by atoms with van der Waals surface area (Å²) in [7, 11) is 1.68. The summed E-state index contributed by atoms with van der Waals surface area (Å²) in [5.41, 5.74) is 7.04. The minimum absolute atomic E-state index is 0.0592. The molecule has 0 amide bonds. The van der Waals surface area contributed by atoms with E-state index in [2.05, 4.69) is 0 Å². The van der Waals surface area contributed by atoms with Gasteiger partial charge in [0, 0.05) is 22.5 Å². The predicted molar refractivity (Wildman–Crippen MR) is 62.6 cm³/mol. The van der Waals surface area contributed by atoms with Crippen LogP contribution in [-0.4, -0.2) is 13.7 Å². The molecular weight excluding hydrogens is 210 g/mol. The molecule has 0 unspecified atom stereocenters. The molecule has 3 heteroatoms. The van der Waals surface area contributed by atoms with Gasteiger partial charge in [-0.3, -0.25) is 0 Å². The standard InChI is InChI=1S/C12H16ClNO/c1-15-10-5-2-4-9(13)11(10)12(8-14)6-3-7-12/h2,4-5H,3,6-8,14H2,1H3. The third kappa shape index (κ3) is 1.62. The molecule has 0 heterocycles. The molecule has 1 aliphatic rings. The topological polar surface area (TPSA) is 35.2 Å². The lowest BCUT2D eigenvalue weighted by molar-refractivity contribution is 0.243. The van der Waals surface area contributed by atoms with E-state index < -0.39 is 0 Å². The van der Waals surface area contributed by atoms with Crippen molar-refractivity contribution in [2.75, 3.05) is 13.7 Å². The number of halogens is 1. The fourth-order valence-electron chi connectivity index (χ4n) is 2.35. The van der Waals surface area contributed by atoms with Crippen LogP contribution in [0.4, 0.5) is 0 Å². The van der Waals surface area contributed by atoms with Crippen molar-refractivity contribution in [3.05, 3.63) is 28.8 Å². The van der Waals surface area contributed by atoms with Gasteiger partial charge in [0.05, 0.1) is 7.11 Å². The molecule has 0 radical (unpaired) electrons. The van der Waals surface area contributed by atoms with Crippen LogP contribution in [0.5, 0.6) is 5.75 Å². The van der Waals surface area contributed by atoms with E-state index in [1.165, 1.54) is 6.42 Å². The van der Waals surface area contributed by atoms with Crippen molar-refractivity contribution in [3.63, 3.8) is 0 Å². The van der Waals surface area contributed by atoms with Crippen LogP contribution in [-0.2, 0) is 5.41 Å². The monoisotopic (exact) mass is 225 g/mol. The van der Waals surface area contributed by atoms with Gasteiger partial charge in [-0.05, 0) is 25.0 Å². The molecular formula is C12H16ClNO. The SMILES string of the molecule is COc1cccc(Cl)c1C1(CN)CCC1. The Hall–Kier alpha value is -0.730. The van der Waals surface area contributed by atoms with Crippen LogP contribution >= 0.6 is 11.6 Å². The fourth-order valence-corrected chi connectivity index (χ4v) is 2.72. The minimum Gasteiger partial charge on any atom is -0.496 e. The maximum atomic E-state index is 6.25. The smallest absolute Gasteiger partial charge is 0.124 e. The normalized spacial score (nSPS) is 18.3. The molecule has 2 nitrogen and oxygen atoms in total. The first kappa shape index (κ1) is 10.8. The van der Waals surface area contributed by atoms with Gasteiger partial charge in [0.2, 0.25) is 0 Å². The highest BCUT2D eigenvalue weighted by Gasteiger charge is 2.40. The number of benzene rings is 1. The van der Waals surface area contributed by atoms with Crippen LogP contribution in [0.25, 0.3) is 0 Å². The van der Waals surface area contributed by atoms with Crippen LogP contribution in [0.15, 0.2) is 18.2 Å². The van der Waals surface area contributed by atoms with Crippen molar-refractivity contribution in [1.82, 2.24) is 0 Å². The van der Waals surface area contributed by atoms with E-state index in [4.69, 9.17) is 22.1 Å². The highest BCUT2D eigenvalue weighted by Crippen LogP contribution is 2.48. The van der Waals surface area contributed by atoms with Crippen molar-refractivity contribution < 1.29 is 4.74 Å². The van der Waals surface area contributed by atoms with Gasteiger partial charge in [0.1, 0.15) is 5.75 Å². The van der Waals surface area contributed by atoms with Gasteiger partial charge in [-0.2, -0.15) is 0 Å². The van der Waals surface area contributed by atoms with Gasteiger partial charge in [-0.25, -0.2) is 0 Å². The molecule has 0 spiro atoms. The summed E-state index contributed by atoms with van der Waals surface area (Å²) < 4.78 is 5.37. The number of nitrogens with two attached hydrogens (primary N) is 1. The van der Waals surface area contributed by atoms with E-state index in [9.17, 15) is 0 Å². The van der Waals surface area contributed by atoms with Gasteiger partial charge in [0.25, 0.3) is 0 Å². The zero-order valence-corrected chi connectivity index (χ0v) is 9.68. The molecule has 0 aliphatic heterocycles. The Morgan fingerprint density at radius 1 is 1.47 bits per heavy atom. The Morgan fingerprint density at radius 2 is 2.20 bits per heavy atom. The van der Waals surface area contributed by atoms with Gasteiger partial charge in [-0.1, -0.05) is 24.1 Å². The summed E-state index contributed by atoms with van der Waals surface area (Å²) in [6, 6.07) is 5.78. The summed E-state index contributed by atoms with van der Waals surface area (Å²) in [4.78, 5) is 0. The van der Waals surface area contributed by atoms with Gasteiger partial charge >= 0.3 is 0 Å². The van der Waals surface area contributed by atoms with Gasteiger partial charge in [-0.15, -0.1) is 0 Å². The van der Waals surface area contributed by atoms with Crippen molar-refractivity contribution in [3.8, 4) is 5.75 Å². The predicted octanol–water partition coefficient (Wildman–Crippen LogP) is 2.73. The Balaban J connectivity index is 2.49. The number of rotatable bonds is 3. The maximum absolute atomic E-state index is 6.25. The Labute approximate surface area is 95.4 Å². The van der Waals surface area contributed by atoms with Crippen LogP contribution < -0.4 is 10.5 Å². The summed E-state index contributed by atoms with van der Waals surface area (Å²) >= 11 is 6.25. The van der Waals surface area contributed by atoms with E-state index in [0.717, 1.165) is 29.2 Å². The maximum Gasteiger partial charge on any atom is 0.124 e. The Morgan fingerprint density at radius 3 is 2.67 bits per heavy atom.